The van der Waals surface area contributed by atoms with E-state index < -0.39 is 5.97 Å². The normalized spacial score (nSPS) is 10.2. The molecule has 2 rings (SSSR count). The lowest BCUT2D eigenvalue weighted by atomic mass is 10.0. The molecule has 0 aliphatic heterocycles. The second-order valence-electron chi connectivity index (χ2n) is 4.15. The van der Waals surface area contributed by atoms with Crippen molar-refractivity contribution < 1.29 is 19.2 Å². The zero-order chi connectivity index (χ0) is 14.5. The van der Waals surface area contributed by atoms with Crippen LogP contribution in [0.25, 0.3) is 0 Å². The zero-order valence-corrected chi connectivity index (χ0v) is 10.8. The van der Waals surface area contributed by atoms with Gasteiger partial charge in [0.25, 0.3) is 0 Å². The van der Waals surface area contributed by atoms with Crippen molar-refractivity contribution in [2.75, 3.05) is 0 Å². The van der Waals surface area contributed by atoms with Crippen LogP contribution in [0.15, 0.2) is 28.8 Å². The first-order chi connectivity index (χ1) is 9.56. The van der Waals surface area contributed by atoms with Crippen LogP contribution in [-0.4, -0.2) is 27.1 Å². The van der Waals surface area contributed by atoms with Crippen molar-refractivity contribution in [3.05, 3.63) is 47.1 Å². The molecule has 0 atom stereocenters. The summed E-state index contributed by atoms with van der Waals surface area (Å²) in [6, 6.07) is 6.38. The quantitative estimate of drug-likeness (QED) is 0.841. The molecule has 0 saturated carbocycles. The van der Waals surface area contributed by atoms with Gasteiger partial charge in [-0.1, -0.05) is 23.4 Å². The summed E-state index contributed by atoms with van der Waals surface area (Å²) >= 11 is 0. The van der Waals surface area contributed by atoms with Gasteiger partial charge in [0.05, 0.1) is 18.5 Å². The van der Waals surface area contributed by atoms with Crippen LogP contribution in [0, 0.1) is 6.92 Å². The van der Waals surface area contributed by atoms with Crippen molar-refractivity contribution in [2.45, 2.75) is 19.9 Å². The SMILES string of the molecule is Cc1noc(CNC(=O)Cc2ccccc2C(=O)O)n1. The number of benzene rings is 1. The Labute approximate surface area is 114 Å². The van der Waals surface area contributed by atoms with Gasteiger partial charge in [0, 0.05) is 0 Å². The number of nitrogens with zero attached hydrogens (tertiary/aromatic N) is 2. The van der Waals surface area contributed by atoms with Gasteiger partial charge in [-0.3, -0.25) is 4.79 Å². The molecule has 1 amide bonds. The molecule has 1 aromatic heterocycles. The van der Waals surface area contributed by atoms with E-state index in [1.807, 2.05) is 0 Å². The summed E-state index contributed by atoms with van der Waals surface area (Å²) in [5, 5.41) is 15.2. The standard InChI is InChI=1S/C13H13N3O4/c1-8-15-12(20-16-8)7-14-11(17)6-9-4-2-3-5-10(9)13(18)19/h2-5H,6-7H2,1H3,(H,14,17)(H,18,19). The first-order valence-corrected chi connectivity index (χ1v) is 5.93. The van der Waals surface area contributed by atoms with Crippen molar-refractivity contribution in [1.82, 2.24) is 15.5 Å². The number of amides is 1. The van der Waals surface area contributed by atoms with Crippen molar-refractivity contribution in [3.63, 3.8) is 0 Å². The Kier molecular flexibility index (Phi) is 4.09. The van der Waals surface area contributed by atoms with E-state index in [0.717, 1.165) is 0 Å². The lowest BCUT2D eigenvalue weighted by Gasteiger charge is -2.05. The highest BCUT2D eigenvalue weighted by Gasteiger charge is 2.13. The zero-order valence-electron chi connectivity index (χ0n) is 10.8. The van der Waals surface area contributed by atoms with Gasteiger partial charge in [0.2, 0.25) is 11.8 Å². The van der Waals surface area contributed by atoms with Crippen LogP contribution in [0.3, 0.4) is 0 Å². The van der Waals surface area contributed by atoms with Crippen molar-refractivity contribution in [2.24, 2.45) is 0 Å². The minimum atomic E-state index is -1.05. The van der Waals surface area contributed by atoms with E-state index in [1.165, 1.54) is 6.07 Å². The number of carbonyl (C=O) groups is 2. The van der Waals surface area contributed by atoms with E-state index in [1.54, 1.807) is 25.1 Å². The topological polar surface area (TPSA) is 105 Å². The molecular weight excluding hydrogens is 262 g/mol. The van der Waals surface area contributed by atoms with Gasteiger partial charge in [0.1, 0.15) is 0 Å². The van der Waals surface area contributed by atoms with Gasteiger partial charge in [-0.15, -0.1) is 0 Å². The van der Waals surface area contributed by atoms with Crippen molar-refractivity contribution >= 4 is 11.9 Å². The second kappa shape index (κ2) is 5.96. The summed E-state index contributed by atoms with van der Waals surface area (Å²) < 4.78 is 4.86. The first kappa shape index (κ1) is 13.7. The molecule has 104 valence electrons. The van der Waals surface area contributed by atoms with Crippen LogP contribution in [0.2, 0.25) is 0 Å². The van der Waals surface area contributed by atoms with E-state index in [-0.39, 0.29) is 24.4 Å². The number of rotatable bonds is 5. The van der Waals surface area contributed by atoms with Crippen LogP contribution in [0.5, 0.6) is 0 Å². The molecule has 7 heteroatoms. The van der Waals surface area contributed by atoms with Gasteiger partial charge in [-0.05, 0) is 18.6 Å². The van der Waals surface area contributed by atoms with E-state index in [2.05, 4.69) is 15.5 Å². The van der Waals surface area contributed by atoms with Gasteiger partial charge in [-0.2, -0.15) is 4.98 Å². The van der Waals surface area contributed by atoms with Gasteiger partial charge >= 0.3 is 5.97 Å². The van der Waals surface area contributed by atoms with Gasteiger partial charge < -0.3 is 14.9 Å². The molecule has 0 aliphatic rings. The Balaban J connectivity index is 1.96. The Morgan fingerprint density at radius 1 is 1.35 bits per heavy atom. The van der Waals surface area contributed by atoms with E-state index in [0.29, 0.717) is 17.3 Å². The van der Waals surface area contributed by atoms with Crippen LogP contribution >= 0.6 is 0 Å². The largest absolute Gasteiger partial charge is 0.478 e. The molecule has 1 aromatic carbocycles. The average molecular weight is 275 g/mol. The summed E-state index contributed by atoms with van der Waals surface area (Å²) in [6.45, 7) is 1.80. The van der Waals surface area contributed by atoms with Gasteiger partial charge in [0.15, 0.2) is 5.82 Å². The molecule has 0 bridgehead atoms. The minimum absolute atomic E-state index is 0.0183. The Morgan fingerprint density at radius 3 is 2.75 bits per heavy atom. The third-order valence-electron chi connectivity index (χ3n) is 2.61. The monoisotopic (exact) mass is 275 g/mol. The molecule has 1 heterocycles. The van der Waals surface area contributed by atoms with E-state index >= 15 is 0 Å². The molecule has 20 heavy (non-hydrogen) atoms. The fraction of sp³-hybridized carbons (Fsp3) is 0.231. The lowest BCUT2D eigenvalue weighted by molar-refractivity contribution is -0.120. The smallest absolute Gasteiger partial charge is 0.335 e. The van der Waals surface area contributed by atoms with Crippen LogP contribution in [-0.2, 0) is 17.8 Å². The first-order valence-electron chi connectivity index (χ1n) is 5.93. The number of aromatic carboxylic acids is 1. The summed E-state index contributed by atoms with van der Waals surface area (Å²) in [7, 11) is 0. The number of aryl methyl sites for hydroxylation is 1. The summed E-state index contributed by atoms with van der Waals surface area (Å²) in [5.41, 5.74) is 0.579. The maximum Gasteiger partial charge on any atom is 0.335 e. The molecular formula is C13H13N3O4. The molecule has 2 aromatic rings. The molecule has 0 unspecified atom stereocenters. The highest BCUT2D eigenvalue weighted by Crippen LogP contribution is 2.09. The fourth-order valence-electron chi connectivity index (χ4n) is 1.70. The van der Waals surface area contributed by atoms with Gasteiger partial charge in [-0.25, -0.2) is 4.79 Å². The fourth-order valence-corrected chi connectivity index (χ4v) is 1.70. The minimum Gasteiger partial charge on any atom is -0.478 e. The molecule has 0 radical (unpaired) electrons. The summed E-state index contributed by atoms with van der Waals surface area (Å²) in [4.78, 5) is 26.7. The number of hydrogen-bond donors (Lipinski definition) is 2. The number of carbonyl (C=O) groups excluding carboxylic acids is 1. The number of nitrogens with one attached hydrogen (secondary N) is 1. The maximum absolute atomic E-state index is 11.8. The summed E-state index contributed by atoms with van der Waals surface area (Å²) in [5.74, 6) is -0.566. The number of carboxylic acid groups (broad SMARTS) is 1. The molecule has 0 aliphatic carbocycles. The second-order valence-corrected chi connectivity index (χ2v) is 4.15. The summed E-state index contributed by atoms with van der Waals surface area (Å²) in [6.07, 6.45) is -0.0183. The van der Waals surface area contributed by atoms with Crippen molar-refractivity contribution in [3.8, 4) is 0 Å². The van der Waals surface area contributed by atoms with E-state index in [4.69, 9.17) is 9.63 Å². The molecule has 0 fully saturated rings. The molecule has 0 saturated heterocycles. The number of carboxylic acids is 1. The third kappa shape index (κ3) is 3.41. The predicted molar refractivity (Wildman–Crippen MR) is 68.0 cm³/mol. The van der Waals surface area contributed by atoms with Crippen LogP contribution < -0.4 is 5.32 Å². The maximum atomic E-state index is 11.8. The predicted octanol–water partition coefficient (Wildman–Crippen LogP) is 0.935. The molecule has 0 spiro atoms. The Morgan fingerprint density at radius 2 is 2.10 bits per heavy atom. The third-order valence-corrected chi connectivity index (χ3v) is 2.61. The highest BCUT2D eigenvalue weighted by atomic mass is 16.5. The number of aromatic nitrogens is 2. The molecule has 2 N–H and O–H groups in total. The lowest BCUT2D eigenvalue weighted by Crippen LogP contribution is -2.25. The van der Waals surface area contributed by atoms with Crippen LogP contribution in [0.4, 0.5) is 0 Å². The van der Waals surface area contributed by atoms with E-state index in [9.17, 15) is 9.59 Å². The molecule has 7 nitrogen and oxygen atoms in total. The number of hydrogen-bond acceptors (Lipinski definition) is 5. The average Bonchev–Trinajstić information content (AvgIpc) is 2.83. The van der Waals surface area contributed by atoms with Crippen LogP contribution in [0.1, 0.15) is 27.6 Å². The highest BCUT2D eigenvalue weighted by molar-refractivity contribution is 5.91. The Hall–Kier alpha value is -2.70. The Bertz CT molecular complexity index is 636. The van der Waals surface area contributed by atoms with Crippen molar-refractivity contribution in [1.29, 1.82) is 0 Å².